The largest absolute Gasteiger partial charge is 0.292 e. The number of benzene rings is 7. The molecule has 0 aliphatic rings. The second-order valence-electron chi connectivity index (χ2n) is 13.8. The second-order valence-corrected chi connectivity index (χ2v) is 13.8. The summed E-state index contributed by atoms with van der Waals surface area (Å²) in [6.45, 7) is 0. The molecule has 0 saturated heterocycles. The summed E-state index contributed by atoms with van der Waals surface area (Å²) in [6, 6.07) is 67.6. The Hall–Kier alpha value is -7.57. The lowest BCUT2D eigenvalue weighted by atomic mass is 10.0. The fraction of sp³-hybridized carbons (Fsp3) is 0. The van der Waals surface area contributed by atoms with Gasteiger partial charge in [0.25, 0.3) is 0 Å². The van der Waals surface area contributed by atoms with Gasteiger partial charge < -0.3 is 0 Å². The molecule has 0 aliphatic carbocycles. The number of imidazole rings is 2. The van der Waals surface area contributed by atoms with Gasteiger partial charge in [-0.05, 0) is 65.7 Å². The molecule has 0 atom stereocenters. The van der Waals surface area contributed by atoms with Crippen LogP contribution in [0.15, 0.2) is 194 Å². The molecule has 55 heavy (non-hydrogen) atoms. The number of para-hydroxylation sites is 3. The molecule has 0 aliphatic heterocycles. The number of aromatic nitrogens is 6. The van der Waals surface area contributed by atoms with E-state index in [4.69, 9.17) is 15.0 Å². The molecule has 11 rings (SSSR count). The Morgan fingerprint density at radius 2 is 0.891 bits per heavy atom. The Morgan fingerprint density at radius 1 is 0.345 bits per heavy atom. The summed E-state index contributed by atoms with van der Waals surface area (Å²) < 4.78 is 6.88. The Kier molecular flexibility index (Phi) is 7.07. The summed E-state index contributed by atoms with van der Waals surface area (Å²) in [6.07, 6.45) is 0. The third-order valence-electron chi connectivity index (χ3n) is 10.5. The van der Waals surface area contributed by atoms with E-state index in [9.17, 15) is 0 Å². The normalized spacial score (nSPS) is 11.6. The molecule has 0 amide bonds. The standard InChI is InChI=1S/C49H32N6/c1-5-16-33(17-6-1)41-32-42(34-18-7-2-8-19-34)51-47(50-41)37-21-15-20-35(30-37)36-28-29-44-45(31-36)54(39-24-11-4-12-25-39)49-52-48-46(55(44)49)40-26-13-14-27-43(40)53(48)38-22-9-3-10-23-38/h1-32H. The summed E-state index contributed by atoms with van der Waals surface area (Å²) in [5.74, 6) is 1.55. The van der Waals surface area contributed by atoms with Gasteiger partial charge >= 0.3 is 0 Å². The van der Waals surface area contributed by atoms with Crippen molar-refractivity contribution in [3.63, 3.8) is 0 Å². The van der Waals surface area contributed by atoms with Crippen LogP contribution in [0.1, 0.15) is 0 Å². The van der Waals surface area contributed by atoms with Crippen LogP contribution in [0.5, 0.6) is 0 Å². The van der Waals surface area contributed by atoms with Crippen molar-refractivity contribution < 1.29 is 0 Å². The van der Waals surface area contributed by atoms with Crippen LogP contribution in [0.25, 0.3) is 95.3 Å². The van der Waals surface area contributed by atoms with Crippen molar-refractivity contribution in [2.45, 2.75) is 0 Å². The van der Waals surface area contributed by atoms with Gasteiger partial charge in [0.2, 0.25) is 5.78 Å². The minimum Gasteiger partial charge on any atom is -0.292 e. The Morgan fingerprint density at radius 3 is 1.56 bits per heavy atom. The highest BCUT2D eigenvalue weighted by Gasteiger charge is 2.24. The number of rotatable bonds is 6. The minimum atomic E-state index is 0.687. The lowest BCUT2D eigenvalue weighted by molar-refractivity contribution is 1.09. The third-order valence-corrected chi connectivity index (χ3v) is 10.5. The van der Waals surface area contributed by atoms with E-state index < -0.39 is 0 Å². The quantitative estimate of drug-likeness (QED) is 0.173. The fourth-order valence-electron chi connectivity index (χ4n) is 7.93. The SMILES string of the molecule is c1ccc(-c2cc(-c3ccccc3)nc(-c3cccc(-c4ccc5c(c4)n(-c4ccccc4)c4nc6c(c7ccccc7n6-c6ccccc6)n54)c3)n2)cc1. The van der Waals surface area contributed by atoms with Crippen molar-refractivity contribution in [3.05, 3.63) is 194 Å². The number of hydrogen-bond acceptors (Lipinski definition) is 3. The maximum Gasteiger partial charge on any atom is 0.222 e. The summed E-state index contributed by atoms with van der Waals surface area (Å²) in [5.41, 5.74) is 14.5. The molecule has 4 heterocycles. The summed E-state index contributed by atoms with van der Waals surface area (Å²) in [7, 11) is 0. The molecule has 6 nitrogen and oxygen atoms in total. The average molecular weight is 705 g/mol. The van der Waals surface area contributed by atoms with E-state index in [1.54, 1.807) is 0 Å². The van der Waals surface area contributed by atoms with Crippen LogP contribution in [-0.4, -0.2) is 28.5 Å². The molecule has 11 aromatic rings. The fourth-order valence-corrected chi connectivity index (χ4v) is 7.93. The molecule has 0 fully saturated rings. The zero-order chi connectivity index (χ0) is 36.3. The predicted octanol–water partition coefficient (Wildman–Crippen LogP) is 11.8. The van der Waals surface area contributed by atoms with Gasteiger partial charge in [-0.1, -0.05) is 140 Å². The first-order valence-electron chi connectivity index (χ1n) is 18.5. The number of nitrogens with zero attached hydrogens (tertiary/aromatic N) is 6. The average Bonchev–Trinajstić information content (AvgIpc) is 3.90. The zero-order valence-corrected chi connectivity index (χ0v) is 29.7. The molecular formula is C49H32N6. The molecular weight excluding hydrogens is 673 g/mol. The van der Waals surface area contributed by atoms with Gasteiger partial charge in [-0.15, -0.1) is 0 Å². The molecule has 0 saturated carbocycles. The van der Waals surface area contributed by atoms with Crippen molar-refractivity contribution in [2.75, 3.05) is 0 Å². The molecule has 6 heteroatoms. The first-order valence-corrected chi connectivity index (χ1v) is 18.5. The highest BCUT2D eigenvalue weighted by atomic mass is 15.2. The van der Waals surface area contributed by atoms with Crippen LogP contribution in [-0.2, 0) is 0 Å². The maximum absolute atomic E-state index is 5.44. The summed E-state index contributed by atoms with van der Waals surface area (Å²) in [4.78, 5) is 15.7. The van der Waals surface area contributed by atoms with E-state index in [-0.39, 0.29) is 0 Å². The van der Waals surface area contributed by atoms with Crippen molar-refractivity contribution >= 4 is 38.9 Å². The van der Waals surface area contributed by atoms with Crippen molar-refractivity contribution in [1.82, 2.24) is 28.5 Å². The van der Waals surface area contributed by atoms with Crippen LogP contribution >= 0.6 is 0 Å². The van der Waals surface area contributed by atoms with E-state index in [1.807, 2.05) is 36.4 Å². The topological polar surface area (TPSA) is 52.9 Å². The Bertz CT molecular complexity index is 3120. The first-order chi connectivity index (χ1) is 27.3. The van der Waals surface area contributed by atoms with E-state index in [0.717, 1.165) is 89.5 Å². The highest BCUT2D eigenvalue weighted by Crippen LogP contribution is 2.38. The molecule has 7 aromatic carbocycles. The van der Waals surface area contributed by atoms with Gasteiger partial charge in [0.1, 0.15) is 5.52 Å². The number of fused-ring (bicyclic) bond motifs is 7. The summed E-state index contributed by atoms with van der Waals surface area (Å²) in [5, 5.41) is 1.16. The smallest absolute Gasteiger partial charge is 0.222 e. The molecule has 4 aromatic heterocycles. The van der Waals surface area contributed by atoms with E-state index in [2.05, 4.69) is 171 Å². The second kappa shape index (κ2) is 12.5. The lowest BCUT2D eigenvalue weighted by Gasteiger charge is -2.11. The van der Waals surface area contributed by atoms with E-state index in [1.165, 1.54) is 0 Å². The van der Waals surface area contributed by atoms with Crippen LogP contribution in [0.2, 0.25) is 0 Å². The summed E-state index contributed by atoms with van der Waals surface area (Å²) >= 11 is 0. The van der Waals surface area contributed by atoms with E-state index >= 15 is 0 Å². The number of hydrogen-bond donors (Lipinski definition) is 0. The molecule has 0 radical (unpaired) electrons. The van der Waals surface area contributed by atoms with Crippen LogP contribution < -0.4 is 0 Å². The van der Waals surface area contributed by atoms with E-state index in [0.29, 0.717) is 5.82 Å². The highest BCUT2D eigenvalue weighted by molar-refractivity contribution is 6.09. The van der Waals surface area contributed by atoms with Crippen LogP contribution in [0.4, 0.5) is 0 Å². The first kappa shape index (κ1) is 31.0. The monoisotopic (exact) mass is 704 g/mol. The zero-order valence-electron chi connectivity index (χ0n) is 29.7. The van der Waals surface area contributed by atoms with Crippen molar-refractivity contribution in [1.29, 1.82) is 0 Å². The van der Waals surface area contributed by atoms with Gasteiger partial charge in [-0.25, -0.2) is 9.97 Å². The molecule has 0 N–H and O–H groups in total. The van der Waals surface area contributed by atoms with Gasteiger partial charge in [0, 0.05) is 33.5 Å². The lowest BCUT2D eigenvalue weighted by Crippen LogP contribution is -1.97. The van der Waals surface area contributed by atoms with Gasteiger partial charge in [-0.3, -0.25) is 13.5 Å². The van der Waals surface area contributed by atoms with Crippen LogP contribution in [0, 0.1) is 0 Å². The third kappa shape index (κ3) is 5.07. The molecule has 258 valence electrons. The predicted molar refractivity (Wildman–Crippen MR) is 224 cm³/mol. The van der Waals surface area contributed by atoms with Crippen molar-refractivity contribution in [3.8, 4) is 56.4 Å². The maximum atomic E-state index is 5.44. The van der Waals surface area contributed by atoms with Gasteiger partial charge in [-0.2, -0.15) is 4.98 Å². The van der Waals surface area contributed by atoms with Crippen LogP contribution in [0.3, 0.4) is 0 Å². The molecule has 0 bridgehead atoms. The molecule has 0 unspecified atom stereocenters. The van der Waals surface area contributed by atoms with Gasteiger partial charge in [0.05, 0.1) is 27.9 Å². The Balaban J connectivity index is 1.11. The molecule has 0 spiro atoms. The van der Waals surface area contributed by atoms with Crippen molar-refractivity contribution in [2.24, 2.45) is 0 Å². The van der Waals surface area contributed by atoms with Gasteiger partial charge in [0.15, 0.2) is 11.5 Å². The Labute approximate surface area is 316 Å². The minimum absolute atomic E-state index is 0.687.